The molecule has 4 aromatic rings. The highest BCUT2D eigenvalue weighted by molar-refractivity contribution is 9.10. The summed E-state index contributed by atoms with van der Waals surface area (Å²) in [6, 6.07) is 15.6. The Hall–Kier alpha value is -4.14. The molecule has 0 bridgehead atoms. The Balaban J connectivity index is 0.000000175. The van der Waals surface area contributed by atoms with Crippen LogP contribution in [-0.4, -0.2) is 56.6 Å². The van der Waals surface area contributed by atoms with E-state index in [4.69, 9.17) is 19.8 Å². The Bertz CT molecular complexity index is 2480. The topological polar surface area (TPSA) is 184 Å². The first-order valence-corrected chi connectivity index (χ1v) is 23.6. The number of rotatable bonds is 12. The number of hydrogen-bond acceptors (Lipinski definition) is 10. The second-order valence-electron chi connectivity index (χ2n) is 15.9. The quantitative estimate of drug-likeness (QED) is 0.136. The van der Waals surface area contributed by atoms with E-state index in [1.807, 2.05) is 45.9 Å². The molecule has 60 heavy (non-hydrogen) atoms. The van der Waals surface area contributed by atoms with Gasteiger partial charge in [-0.3, -0.25) is 9.97 Å². The molecular formula is C42H48BBrF2N6O6S2. The summed E-state index contributed by atoms with van der Waals surface area (Å²) in [5, 5.41) is 17.6. The minimum Gasteiger partial charge on any atom is -0.399 e. The normalized spacial score (nSPS) is 17.8. The number of aromatic nitrogens is 2. The molecule has 0 spiro atoms. The van der Waals surface area contributed by atoms with Crippen LogP contribution in [0.15, 0.2) is 77.8 Å². The molecule has 2 unspecified atom stereocenters. The molecule has 12 nitrogen and oxygen atoms in total. The number of benzene rings is 2. The van der Waals surface area contributed by atoms with E-state index < -0.39 is 50.0 Å². The van der Waals surface area contributed by atoms with Gasteiger partial charge in [-0.2, -0.15) is 10.5 Å². The highest BCUT2D eigenvalue weighted by Crippen LogP contribution is 2.43. The summed E-state index contributed by atoms with van der Waals surface area (Å²) in [7, 11) is -7.27. The smallest absolute Gasteiger partial charge is 0.399 e. The van der Waals surface area contributed by atoms with E-state index in [1.54, 1.807) is 50.6 Å². The van der Waals surface area contributed by atoms with Gasteiger partial charge in [-0.05, 0) is 143 Å². The van der Waals surface area contributed by atoms with Gasteiger partial charge in [0.25, 0.3) is 0 Å². The fourth-order valence-electron chi connectivity index (χ4n) is 6.24. The van der Waals surface area contributed by atoms with E-state index in [1.165, 1.54) is 30.5 Å². The summed E-state index contributed by atoms with van der Waals surface area (Å²) in [5.41, 5.74) is 2.40. The van der Waals surface area contributed by atoms with Gasteiger partial charge in [0, 0.05) is 45.8 Å². The van der Waals surface area contributed by atoms with Crippen molar-refractivity contribution in [1.29, 1.82) is 10.5 Å². The highest BCUT2D eigenvalue weighted by atomic mass is 79.9. The van der Waals surface area contributed by atoms with E-state index in [9.17, 15) is 25.6 Å². The van der Waals surface area contributed by atoms with Crippen molar-refractivity contribution in [3.05, 3.63) is 112 Å². The maximum atomic E-state index is 14.3. The average Bonchev–Trinajstić information content (AvgIpc) is 4.15. The van der Waals surface area contributed by atoms with Crippen LogP contribution in [0.4, 0.5) is 8.78 Å². The third-order valence-electron chi connectivity index (χ3n) is 10.8. The van der Waals surface area contributed by atoms with Gasteiger partial charge in [-0.25, -0.2) is 35.1 Å². The summed E-state index contributed by atoms with van der Waals surface area (Å²) in [6.45, 7) is 10.9. The van der Waals surface area contributed by atoms with Crippen LogP contribution in [0.25, 0.3) is 11.1 Å². The van der Waals surface area contributed by atoms with Gasteiger partial charge in [-0.1, -0.05) is 12.1 Å². The zero-order valence-corrected chi connectivity index (χ0v) is 37.5. The van der Waals surface area contributed by atoms with Gasteiger partial charge < -0.3 is 9.31 Å². The fraction of sp³-hybridized carbons (Fsp3) is 0.429. The number of sulfonamides is 2. The van der Waals surface area contributed by atoms with E-state index >= 15 is 0 Å². The molecule has 2 N–H and O–H groups in total. The van der Waals surface area contributed by atoms with Crippen LogP contribution in [-0.2, 0) is 29.4 Å². The minimum atomic E-state index is -3.35. The zero-order valence-electron chi connectivity index (χ0n) is 34.2. The third kappa shape index (κ3) is 12.2. The van der Waals surface area contributed by atoms with Crippen LogP contribution < -0.4 is 14.9 Å². The largest absolute Gasteiger partial charge is 0.497 e. The van der Waals surface area contributed by atoms with Crippen molar-refractivity contribution in [3.63, 3.8) is 0 Å². The second-order valence-corrected chi connectivity index (χ2v) is 20.9. The molecular weight excluding hydrogens is 877 g/mol. The van der Waals surface area contributed by atoms with Crippen molar-refractivity contribution in [1.82, 2.24) is 19.4 Å². The lowest BCUT2D eigenvalue weighted by atomic mass is 9.78. The number of halogens is 3. The first-order valence-electron chi connectivity index (χ1n) is 19.5. The van der Waals surface area contributed by atoms with Gasteiger partial charge in [0.1, 0.15) is 11.6 Å². The summed E-state index contributed by atoms with van der Waals surface area (Å²) in [6.07, 6.45) is 10.6. The van der Waals surface area contributed by atoms with Crippen molar-refractivity contribution in [2.45, 2.75) is 90.5 Å². The Morgan fingerprint density at radius 2 is 1.22 bits per heavy atom. The molecule has 2 saturated carbocycles. The molecule has 0 radical (unpaired) electrons. The van der Waals surface area contributed by atoms with E-state index in [0.29, 0.717) is 22.5 Å². The van der Waals surface area contributed by atoms with Crippen LogP contribution in [0.2, 0.25) is 0 Å². The third-order valence-corrected chi connectivity index (χ3v) is 14.0. The maximum absolute atomic E-state index is 14.3. The summed E-state index contributed by atoms with van der Waals surface area (Å²) in [5.74, 6) is -0.218. The van der Waals surface area contributed by atoms with E-state index in [-0.39, 0.29) is 40.6 Å². The lowest BCUT2D eigenvalue weighted by Crippen LogP contribution is -2.41. The van der Waals surface area contributed by atoms with Crippen molar-refractivity contribution in [2.75, 3.05) is 11.5 Å². The monoisotopic (exact) mass is 924 g/mol. The highest BCUT2D eigenvalue weighted by Gasteiger charge is 2.52. The van der Waals surface area contributed by atoms with Crippen LogP contribution in [0, 0.1) is 46.1 Å². The molecule has 0 amide bonds. The van der Waals surface area contributed by atoms with E-state index in [2.05, 4.69) is 35.3 Å². The molecule has 2 aromatic carbocycles. The number of pyridine rings is 2. The number of hydrogen-bond donors (Lipinski definition) is 2. The lowest BCUT2D eigenvalue weighted by molar-refractivity contribution is 0.00578. The number of nitrogens with one attached hydrogen (secondary N) is 2. The molecule has 2 atom stereocenters. The van der Waals surface area contributed by atoms with Gasteiger partial charge in [-0.15, -0.1) is 0 Å². The molecule has 1 saturated heterocycles. The Kier molecular flexibility index (Phi) is 15.1. The van der Waals surface area contributed by atoms with E-state index in [0.717, 1.165) is 41.3 Å². The van der Waals surface area contributed by atoms with Crippen LogP contribution in [0.5, 0.6) is 0 Å². The van der Waals surface area contributed by atoms with Crippen LogP contribution >= 0.6 is 15.9 Å². The van der Waals surface area contributed by atoms with Crippen molar-refractivity contribution >= 4 is 48.6 Å². The summed E-state index contributed by atoms with van der Waals surface area (Å²) >= 11 is 3.36. The van der Waals surface area contributed by atoms with Crippen molar-refractivity contribution in [2.24, 2.45) is 11.8 Å². The Morgan fingerprint density at radius 3 is 1.65 bits per heavy atom. The predicted octanol–water partition coefficient (Wildman–Crippen LogP) is 7.38. The standard InChI is InChI=1S/C18H18FN3O2S.C13H15BFNO2.C11H15BrN2O2S/c1-2-25(23,24)22-18(13-4-5-13)15-8-14(10-21-11-15)16-6-3-12(9-20)7-17(16)19;1-12(2)13(3,4)18-14(17-12)10-6-5-9(8-16)7-11(10)15;1-2-17(15,16)14-11(8-3-4-8)9-5-10(12)7-13-6-9/h3,6-8,10-11,13,18,22H,2,4-5H2,1H3;5-7H,1-4H3;5-8,11,14H,2-4H2,1H3. The molecule has 318 valence electrons. The van der Waals surface area contributed by atoms with Gasteiger partial charge >= 0.3 is 7.12 Å². The molecule has 2 aromatic heterocycles. The summed E-state index contributed by atoms with van der Waals surface area (Å²) in [4.78, 5) is 8.25. The molecule has 3 heterocycles. The molecule has 3 fully saturated rings. The average molecular weight is 926 g/mol. The second kappa shape index (κ2) is 19.3. The van der Waals surface area contributed by atoms with Gasteiger partial charge in [0.15, 0.2) is 0 Å². The Morgan fingerprint density at radius 1 is 0.750 bits per heavy atom. The number of nitrogens with zero attached hydrogens (tertiary/aromatic N) is 4. The predicted molar refractivity (Wildman–Crippen MR) is 229 cm³/mol. The summed E-state index contributed by atoms with van der Waals surface area (Å²) < 4.78 is 93.3. The van der Waals surface area contributed by atoms with Crippen molar-refractivity contribution < 1.29 is 34.9 Å². The maximum Gasteiger partial charge on any atom is 0.497 e. The van der Waals surface area contributed by atoms with Gasteiger partial charge in [0.05, 0.1) is 58.1 Å². The number of nitriles is 2. The SMILES string of the molecule is CC1(C)OB(c2ccc(C#N)cc2F)OC1(C)C.CCS(=O)(=O)NC(c1cncc(-c2ccc(C#N)cc2F)c1)C1CC1.CCS(=O)(=O)NC(c1cncc(Br)c1)C1CC1. The minimum absolute atomic E-state index is 0.00753. The molecule has 7 rings (SSSR count). The Labute approximate surface area is 360 Å². The molecule has 1 aliphatic heterocycles. The zero-order chi connectivity index (χ0) is 44.0. The van der Waals surface area contributed by atoms with Crippen LogP contribution in [0.3, 0.4) is 0 Å². The molecule has 3 aliphatic rings. The first kappa shape index (κ1) is 46.9. The van der Waals surface area contributed by atoms with Crippen LogP contribution in [0.1, 0.15) is 102 Å². The molecule has 2 aliphatic carbocycles. The lowest BCUT2D eigenvalue weighted by Gasteiger charge is -2.32. The van der Waals surface area contributed by atoms with Crippen molar-refractivity contribution in [3.8, 4) is 23.3 Å². The molecule has 18 heteroatoms. The first-order chi connectivity index (χ1) is 28.2. The van der Waals surface area contributed by atoms with Gasteiger partial charge in [0.2, 0.25) is 20.0 Å². The fourth-order valence-corrected chi connectivity index (χ4v) is 8.38.